The molecular formula is C24H17BrClNO. The third-order valence-electron chi connectivity index (χ3n) is 5.16. The van der Waals surface area contributed by atoms with Crippen molar-refractivity contribution in [2.45, 2.75) is 12.3 Å². The zero-order chi connectivity index (χ0) is 19.1. The fraction of sp³-hybridized carbons (Fsp3) is 0.0833. The quantitative estimate of drug-likeness (QED) is 0.354. The summed E-state index contributed by atoms with van der Waals surface area (Å²) in [4.78, 5) is 0. The fourth-order valence-electron chi connectivity index (χ4n) is 3.79. The van der Waals surface area contributed by atoms with Crippen LogP contribution >= 0.6 is 27.5 Å². The molecule has 1 heterocycles. The van der Waals surface area contributed by atoms with Gasteiger partial charge >= 0.3 is 0 Å². The van der Waals surface area contributed by atoms with Gasteiger partial charge in [-0.2, -0.15) is 0 Å². The Labute approximate surface area is 177 Å². The Hall–Kier alpha value is -2.33. The summed E-state index contributed by atoms with van der Waals surface area (Å²) in [6.07, 6.45) is -0.250. The van der Waals surface area contributed by atoms with Crippen molar-refractivity contribution >= 4 is 38.3 Å². The summed E-state index contributed by atoms with van der Waals surface area (Å²) in [5, 5.41) is 6.82. The molecule has 0 amide bonds. The molecule has 0 spiro atoms. The van der Waals surface area contributed by atoms with Crippen molar-refractivity contribution in [2.75, 3.05) is 0 Å². The van der Waals surface area contributed by atoms with Crippen LogP contribution in [0.3, 0.4) is 0 Å². The van der Waals surface area contributed by atoms with Gasteiger partial charge in [0.25, 0.3) is 0 Å². The van der Waals surface area contributed by atoms with E-state index in [2.05, 4.69) is 81.9 Å². The summed E-state index contributed by atoms with van der Waals surface area (Å²) < 4.78 is 7.44. The summed E-state index contributed by atoms with van der Waals surface area (Å²) in [5.41, 5.74) is 3.42. The molecule has 0 radical (unpaired) electrons. The first kappa shape index (κ1) is 17.7. The molecule has 5 rings (SSSR count). The van der Waals surface area contributed by atoms with Gasteiger partial charge in [0.2, 0.25) is 0 Å². The lowest BCUT2D eigenvalue weighted by Crippen LogP contribution is -2.35. The largest absolute Gasteiger partial charge is 0.471 e. The summed E-state index contributed by atoms with van der Waals surface area (Å²) in [6.45, 7) is 0. The Bertz CT molecular complexity index is 1140. The van der Waals surface area contributed by atoms with Crippen molar-refractivity contribution in [3.63, 3.8) is 0 Å². The average molecular weight is 451 g/mol. The van der Waals surface area contributed by atoms with Crippen LogP contribution in [0.2, 0.25) is 5.02 Å². The van der Waals surface area contributed by atoms with Gasteiger partial charge < -0.3 is 4.74 Å². The predicted octanol–water partition coefficient (Wildman–Crippen LogP) is 7.03. The minimum Gasteiger partial charge on any atom is -0.471 e. The lowest BCUT2D eigenvalue weighted by atomic mass is 9.91. The highest BCUT2D eigenvalue weighted by atomic mass is 79.9. The highest BCUT2D eigenvalue weighted by Crippen LogP contribution is 2.42. The van der Waals surface area contributed by atoms with Crippen molar-refractivity contribution < 1.29 is 4.74 Å². The van der Waals surface area contributed by atoms with Gasteiger partial charge in [-0.05, 0) is 46.7 Å². The van der Waals surface area contributed by atoms with E-state index in [1.54, 1.807) is 0 Å². The van der Waals surface area contributed by atoms with Crippen LogP contribution in [0.4, 0.5) is 0 Å². The van der Waals surface area contributed by atoms with Crippen LogP contribution in [0, 0.1) is 0 Å². The van der Waals surface area contributed by atoms with Gasteiger partial charge in [0, 0.05) is 20.6 Å². The molecule has 0 saturated carbocycles. The lowest BCUT2D eigenvalue weighted by molar-refractivity contribution is 0.134. The monoisotopic (exact) mass is 449 g/mol. The van der Waals surface area contributed by atoms with E-state index in [0.29, 0.717) is 0 Å². The molecule has 1 aliphatic heterocycles. The number of ether oxygens (including phenoxy) is 1. The first-order valence-electron chi connectivity index (χ1n) is 9.14. The molecule has 2 atom stereocenters. The second-order valence-electron chi connectivity index (χ2n) is 6.90. The van der Waals surface area contributed by atoms with Crippen LogP contribution in [-0.4, -0.2) is 0 Å². The van der Waals surface area contributed by atoms with Crippen LogP contribution in [0.5, 0.6) is 5.75 Å². The molecule has 0 saturated heterocycles. The van der Waals surface area contributed by atoms with Crippen molar-refractivity contribution in [1.82, 2.24) is 5.32 Å². The van der Waals surface area contributed by atoms with Crippen molar-refractivity contribution in [2.24, 2.45) is 0 Å². The SMILES string of the molecule is Clc1ccc([C@@H]2N[C@@H](c3ccc(Br)cc3)c3c(ccc4ccccc34)O2)cc1. The topological polar surface area (TPSA) is 21.3 Å². The van der Waals surface area contributed by atoms with E-state index in [4.69, 9.17) is 16.3 Å². The predicted molar refractivity (Wildman–Crippen MR) is 118 cm³/mol. The van der Waals surface area contributed by atoms with Gasteiger partial charge in [-0.1, -0.05) is 82.1 Å². The second-order valence-corrected chi connectivity index (χ2v) is 8.25. The smallest absolute Gasteiger partial charge is 0.177 e. The minimum atomic E-state index is -0.250. The molecule has 4 heteroatoms. The number of hydrogen-bond donors (Lipinski definition) is 1. The van der Waals surface area contributed by atoms with E-state index >= 15 is 0 Å². The minimum absolute atomic E-state index is 0.0172. The number of fused-ring (bicyclic) bond motifs is 3. The van der Waals surface area contributed by atoms with Crippen molar-refractivity contribution in [3.8, 4) is 5.75 Å². The van der Waals surface area contributed by atoms with E-state index in [9.17, 15) is 0 Å². The summed E-state index contributed by atoms with van der Waals surface area (Å²) in [6, 6.07) is 28.9. The van der Waals surface area contributed by atoms with Crippen LogP contribution in [-0.2, 0) is 0 Å². The van der Waals surface area contributed by atoms with E-state index in [1.165, 1.54) is 21.9 Å². The number of hydrogen-bond acceptors (Lipinski definition) is 2. The first-order valence-corrected chi connectivity index (χ1v) is 10.3. The summed E-state index contributed by atoms with van der Waals surface area (Å²) in [7, 11) is 0. The van der Waals surface area contributed by atoms with E-state index in [-0.39, 0.29) is 12.3 Å². The first-order chi connectivity index (χ1) is 13.7. The maximum atomic E-state index is 6.38. The molecule has 4 aromatic carbocycles. The molecule has 1 aliphatic rings. The molecule has 0 fully saturated rings. The maximum Gasteiger partial charge on any atom is 0.177 e. The lowest BCUT2D eigenvalue weighted by Gasteiger charge is -2.35. The average Bonchev–Trinajstić information content (AvgIpc) is 2.74. The van der Waals surface area contributed by atoms with E-state index < -0.39 is 0 Å². The zero-order valence-corrected chi connectivity index (χ0v) is 17.2. The van der Waals surface area contributed by atoms with Crippen LogP contribution in [0.25, 0.3) is 10.8 Å². The summed E-state index contributed by atoms with van der Waals surface area (Å²) >= 11 is 9.61. The van der Waals surface area contributed by atoms with Gasteiger partial charge in [-0.15, -0.1) is 0 Å². The Morgan fingerprint density at radius 3 is 2.29 bits per heavy atom. The fourth-order valence-corrected chi connectivity index (χ4v) is 4.18. The van der Waals surface area contributed by atoms with Crippen LogP contribution < -0.4 is 10.1 Å². The third-order valence-corrected chi connectivity index (χ3v) is 5.94. The molecular weight excluding hydrogens is 434 g/mol. The number of halogens is 2. The molecule has 138 valence electrons. The molecule has 28 heavy (non-hydrogen) atoms. The Balaban J connectivity index is 1.67. The molecule has 0 aliphatic carbocycles. The van der Waals surface area contributed by atoms with Crippen LogP contribution in [0.1, 0.15) is 29.0 Å². The number of benzene rings is 4. The van der Waals surface area contributed by atoms with Crippen molar-refractivity contribution in [3.05, 3.63) is 111 Å². The van der Waals surface area contributed by atoms with E-state index in [0.717, 1.165) is 20.8 Å². The van der Waals surface area contributed by atoms with Gasteiger partial charge in [0.05, 0.1) is 6.04 Å². The van der Waals surface area contributed by atoms with Crippen molar-refractivity contribution in [1.29, 1.82) is 0 Å². The van der Waals surface area contributed by atoms with Gasteiger partial charge in [-0.3, -0.25) is 5.32 Å². The van der Waals surface area contributed by atoms with Gasteiger partial charge in [0.15, 0.2) is 6.23 Å². The standard InChI is InChI=1S/C24H17BrClNO/c25-18-10-5-16(6-11-18)23-22-20-4-2-1-3-15(20)9-14-21(22)28-24(27-23)17-7-12-19(26)13-8-17/h1-14,23-24,27H/t23-,24+/m0/s1. The molecule has 0 unspecified atom stereocenters. The van der Waals surface area contributed by atoms with Gasteiger partial charge in [-0.25, -0.2) is 0 Å². The third kappa shape index (κ3) is 3.20. The number of rotatable bonds is 2. The second kappa shape index (κ2) is 7.25. The highest BCUT2D eigenvalue weighted by Gasteiger charge is 2.31. The van der Waals surface area contributed by atoms with E-state index in [1.807, 2.05) is 24.3 Å². The number of nitrogens with one attached hydrogen (secondary N) is 1. The van der Waals surface area contributed by atoms with Crippen LogP contribution in [0.15, 0.2) is 89.4 Å². The zero-order valence-electron chi connectivity index (χ0n) is 14.9. The maximum absolute atomic E-state index is 6.38. The normalized spacial score (nSPS) is 18.5. The molecule has 0 bridgehead atoms. The van der Waals surface area contributed by atoms with Gasteiger partial charge in [0.1, 0.15) is 5.75 Å². The summed E-state index contributed by atoms with van der Waals surface area (Å²) in [5.74, 6) is 0.908. The Morgan fingerprint density at radius 1 is 0.786 bits per heavy atom. The highest BCUT2D eigenvalue weighted by molar-refractivity contribution is 9.10. The molecule has 1 N–H and O–H groups in total. The Kier molecular flexibility index (Phi) is 4.59. The molecule has 2 nitrogen and oxygen atoms in total. The molecule has 0 aromatic heterocycles. The molecule has 4 aromatic rings. The Morgan fingerprint density at radius 2 is 1.50 bits per heavy atom.